The number of likely N-dealkylation sites (tertiary alicyclic amines) is 1. The zero-order valence-electron chi connectivity index (χ0n) is 27.7. The summed E-state index contributed by atoms with van der Waals surface area (Å²) in [6.07, 6.45) is 14.8. The lowest BCUT2D eigenvalue weighted by Gasteiger charge is -2.51. The van der Waals surface area contributed by atoms with E-state index < -0.39 is 11.6 Å². The van der Waals surface area contributed by atoms with E-state index in [-0.39, 0.29) is 45.9 Å². The van der Waals surface area contributed by atoms with Gasteiger partial charge in [-0.05, 0) is 99.5 Å². The number of hydrogen-bond donors (Lipinski definition) is 3. The molecule has 2 atom stereocenters. The molecule has 3 aliphatic heterocycles. The number of aromatic hydroxyl groups is 1. The number of phenols is 1. The first-order chi connectivity index (χ1) is 23.7. The van der Waals surface area contributed by atoms with E-state index in [4.69, 9.17) is 21.9 Å². The Bertz CT molecular complexity index is 2000. The molecule has 9 rings (SSSR count). The minimum Gasteiger partial charge on any atom is -0.508 e. The van der Waals surface area contributed by atoms with Gasteiger partial charge in [0.15, 0.2) is 5.82 Å². The van der Waals surface area contributed by atoms with Crippen molar-refractivity contribution in [3.05, 3.63) is 53.6 Å². The highest BCUT2D eigenvalue weighted by Crippen LogP contribution is 2.51. The molecular formula is C39H42F2N6O2. The van der Waals surface area contributed by atoms with Crippen molar-refractivity contribution >= 4 is 27.5 Å². The largest absolute Gasteiger partial charge is 0.508 e. The van der Waals surface area contributed by atoms with E-state index in [1.165, 1.54) is 25.0 Å². The van der Waals surface area contributed by atoms with Gasteiger partial charge in [-0.3, -0.25) is 0 Å². The third-order valence-electron chi connectivity index (χ3n) is 12.1. The number of piperidine rings is 1. The zero-order chi connectivity index (χ0) is 33.5. The summed E-state index contributed by atoms with van der Waals surface area (Å²) in [6.45, 7) is 4.93. The Balaban J connectivity index is 1.08. The van der Waals surface area contributed by atoms with Crippen molar-refractivity contribution in [2.75, 3.05) is 44.2 Å². The molecule has 10 heteroatoms. The second-order valence-corrected chi connectivity index (χ2v) is 15.6. The van der Waals surface area contributed by atoms with E-state index in [0.29, 0.717) is 58.7 Å². The van der Waals surface area contributed by atoms with Crippen molar-refractivity contribution < 1.29 is 18.6 Å². The first-order valence-electron chi connectivity index (χ1n) is 17.7. The summed E-state index contributed by atoms with van der Waals surface area (Å²) >= 11 is 0. The molecule has 1 spiro atoms. The fraction of sp³-hybridized carbons (Fsp3) is 0.487. The summed E-state index contributed by atoms with van der Waals surface area (Å²) in [4.78, 5) is 14.2. The molecule has 2 aliphatic carbocycles. The zero-order valence-corrected chi connectivity index (χ0v) is 27.7. The Kier molecular flexibility index (Phi) is 7.28. The fourth-order valence-corrected chi connectivity index (χ4v) is 9.28. The highest BCUT2D eigenvalue weighted by atomic mass is 19.1. The maximum absolute atomic E-state index is 17.0. The Hall–Kier alpha value is -4.04. The van der Waals surface area contributed by atoms with Crippen molar-refractivity contribution in [2.24, 2.45) is 16.6 Å². The Labute approximate surface area is 285 Å². The maximum Gasteiger partial charge on any atom is 0.319 e. The van der Waals surface area contributed by atoms with Gasteiger partial charge in [0.2, 0.25) is 0 Å². The standard InChI is InChI=1S/C39H42F2N6O2/c1-2-23-4-3-5-24-14-28(48)15-29(32(23)24)33-31(40)16-30-35(34(33)41)44-37(45-36(30)47-19-26-6-7-27(20-47)43-26)49-22-39(8-9-39)21-46-12-10-38(11-13-46)17-25(42)18-38/h1,3-5,14-16,25-27,43,48H,6-13,17-22,42H2. The number of aromatic nitrogens is 2. The first kappa shape index (κ1) is 31.0. The molecule has 254 valence electrons. The lowest BCUT2D eigenvalue weighted by molar-refractivity contribution is 0.00831. The topological polar surface area (TPSA) is 99.8 Å². The van der Waals surface area contributed by atoms with Gasteiger partial charge in [-0.25, -0.2) is 8.78 Å². The van der Waals surface area contributed by atoms with Crippen LogP contribution in [0.2, 0.25) is 0 Å². The Morgan fingerprint density at radius 1 is 1.04 bits per heavy atom. The molecule has 2 bridgehead atoms. The average molecular weight is 665 g/mol. The van der Waals surface area contributed by atoms with Crippen LogP contribution >= 0.6 is 0 Å². The van der Waals surface area contributed by atoms with Crippen molar-refractivity contribution in [1.29, 1.82) is 0 Å². The summed E-state index contributed by atoms with van der Waals surface area (Å²) in [5, 5.41) is 15.6. The number of hydrogen-bond acceptors (Lipinski definition) is 8. The van der Waals surface area contributed by atoms with Crippen LogP contribution in [0.5, 0.6) is 11.8 Å². The number of anilines is 1. The van der Waals surface area contributed by atoms with Crippen molar-refractivity contribution in [3.63, 3.8) is 0 Å². The minimum atomic E-state index is -0.834. The van der Waals surface area contributed by atoms with E-state index in [9.17, 15) is 5.11 Å². The van der Waals surface area contributed by atoms with Crippen molar-refractivity contribution in [3.8, 4) is 35.2 Å². The van der Waals surface area contributed by atoms with Gasteiger partial charge in [-0.15, -0.1) is 6.42 Å². The summed E-state index contributed by atoms with van der Waals surface area (Å²) < 4.78 is 39.7. The second-order valence-electron chi connectivity index (χ2n) is 15.6. The van der Waals surface area contributed by atoms with Crippen LogP contribution in [0, 0.1) is 34.8 Å². The molecule has 0 radical (unpaired) electrons. The summed E-state index contributed by atoms with van der Waals surface area (Å²) in [5.41, 5.74) is 6.94. The van der Waals surface area contributed by atoms with E-state index in [2.05, 4.69) is 26.0 Å². The van der Waals surface area contributed by atoms with Crippen LogP contribution in [0.15, 0.2) is 36.4 Å². The van der Waals surface area contributed by atoms with Crippen molar-refractivity contribution in [2.45, 2.75) is 69.5 Å². The quantitative estimate of drug-likeness (QED) is 0.216. The van der Waals surface area contributed by atoms with Crippen LogP contribution in [-0.4, -0.2) is 77.4 Å². The van der Waals surface area contributed by atoms with Gasteiger partial charge in [0.25, 0.3) is 0 Å². The molecule has 5 fully saturated rings. The SMILES string of the molecule is C#Cc1cccc2cc(O)cc(-c3c(F)cc4c(N5CC6CCC(C5)N6)nc(OCC5(CN6CCC7(CC6)CC(N)C7)CC5)nc4c3F)c12. The maximum atomic E-state index is 17.0. The van der Waals surface area contributed by atoms with Gasteiger partial charge in [0, 0.05) is 65.1 Å². The number of piperazine rings is 1. The predicted molar refractivity (Wildman–Crippen MR) is 187 cm³/mol. The van der Waals surface area contributed by atoms with Crippen LogP contribution in [0.3, 0.4) is 0 Å². The molecule has 2 unspecified atom stereocenters. The molecule has 4 N–H and O–H groups in total. The number of nitrogens with two attached hydrogens (primary N) is 1. The number of ether oxygens (including phenoxy) is 1. The van der Waals surface area contributed by atoms with Gasteiger partial charge < -0.3 is 30.7 Å². The number of nitrogens with one attached hydrogen (secondary N) is 1. The number of fused-ring (bicyclic) bond motifs is 4. The molecule has 2 saturated carbocycles. The summed E-state index contributed by atoms with van der Waals surface area (Å²) in [7, 11) is 0. The molecule has 3 aromatic carbocycles. The smallest absolute Gasteiger partial charge is 0.319 e. The number of terminal acetylenes is 1. The van der Waals surface area contributed by atoms with Gasteiger partial charge in [0.05, 0.1) is 12.2 Å². The Morgan fingerprint density at radius 2 is 1.80 bits per heavy atom. The van der Waals surface area contributed by atoms with Gasteiger partial charge in [-0.2, -0.15) is 9.97 Å². The molecule has 4 aromatic rings. The van der Waals surface area contributed by atoms with Gasteiger partial charge >= 0.3 is 6.01 Å². The highest BCUT2D eigenvalue weighted by molar-refractivity contribution is 6.04. The number of nitrogens with zero attached hydrogens (tertiary/aromatic N) is 4. The first-order valence-corrected chi connectivity index (χ1v) is 17.7. The fourth-order valence-electron chi connectivity index (χ4n) is 9.28. The molecule has 0 amide bonds. The minimum absolute atomic E-state index is 0.0122. The normalized spacial score (nSPS) is 24.3. The number of phenolic OH excluding ortho intramolecular Hbond substituents is 1. The lowest BCUT2D eigenvalue weighted by atomic mass is 9.60. The van der Waals surface area contributed by atoms with Crippen LogP contribution in [-0.2, 0) is 0 Å². The molecule has 3 saturated heterocycles. The van der Waals surface area contributed by atoms with Crippen LogP contribution in [0.4, 0.5) is 14.6 Å². The van der Waals surface area contributed by atoms with Crippen LogP contribution in [0.1, 0.15) is 56.9 Å². The predicted octanol–water partition coefficient (Wildman–Crippen LogP) is 5.72. The molecule has 4 heterocycles. The third kappa shape index (κ3) is 5.47. The molecule has 1 aromatic heterocycles. The van der Waals surface area contributed by atoms with Gasteiger partial charge in [-0.1, -0.05) is 18.1 Å². The number of halogens is 2. The lowest BCUT2D eigenvalue weighted by Crippen LogP contribution is -2.52. The Morgan fingerprint density at radius 3 is 2.49 bits per heavy atom. The number of rotatable bonds is 7. The second kappa shape index (κ2) is 11.5. The van der Waals surface area contributed by atoms with Crippen LogP contribution < -0.4 is 20.7 Å². The third-order valence-corrected chi connectivity index (χ3v) is 12.1. The highest BCUT2D eigenvalue weighted by Gasteiger charge is 2.48. The van der Waals surface area contributed by atoms with Crippen molar-refractivity contribution in [1.82, 2.24) is 20.2 Å². The average Bonchev–Trinajstić information content (AvgIpc) is 3.76. The van der Waals surface area contributed by atoms with E-state index in [1.807, 2.05) is 0 Å². The van der Waals surface area contributed by atoms with E-state index >= 15 is 8.78 Å². The van der Waals surface area contributed by atoms with E-state index in [1.54, 1.807) is 24.3 Å². The molecular weight excluding hydrogens is 622 g/mol. The summed E-state index contributed by atoms with van der Waals surface area (Å²) in [6, 6.07) is 10.5. The molecule has 49 heavy (non-hydrogen) atoms. The molecule has 5 aliphatic rings. The summed E-state index contributed by atoms with van der Waals surface area (Å²) in [5.74, 6) is 1.40. The molecule has 8 nitrogen and oxygen atoms in total. The van der Waals surface area contributed by atoms with Gasteiger partial charge in [0.1, 0.15) is 22.9 Å². The van der Waals surface area contributed by atoms with Crippen LogP contribution in [0.25, 0.3) is 32.8 Å². The number of benzene rings is 3. The van der Waals surface area contributed by atoms with E-state index in [0.717, 1.165) is 58.2 Å². The monoisotopic (exact) mass is 664 g/mol.